The van der Waals surface area contributed by atoms with Crippen molar-refractivity contribution >= 4 is 38.6 Å². The maximum absolute atomic E-state index is 13.2. The summed E-state index contributed by atoms with van der Waals surface area (Å²) in [5.74, 6) is -0.312. The van der Waals surface area contributed by atoms with Crippen LogP contribution in [0.1, 0.15) is 16.2 Å². The highest BCUT2D eigenvalue weighted by molar-refractivity contribution is 9.10. The van der Waals surface area contributed by atoms with Crippen LogP contribution >= 0.6 is 15.9 Å². The van der Waals surface area contributed by atoms with Crippen LogP contribution in [-0.4, -0.2) is 10.9 Å². The molecule has 4 nitrogen and oxygen atoms in total. The van der Waals surface area contributed by atoms with Crippen LogP contribution in [0, 0.1) is 12.7 Å². The summed E-state index contributed by atoms with van der Waals surface area (Å²) < 4.78 is 19.1. The minimum absolute atomic E-state index is 0.228. The number of hydrogen-bond donors (Lipinski definition) is 1. The van der Waals surface area contributed by atoms with Gasteiger partial charge in [-0.05, 0) is 52.3 Å². The third kappa shape index (κ3) is 2.80. The van der Waals surface area contributed by atoms with Gasteiger partial charge in [0.1, 0.15) is 11.3 Å². The number of hydrogen-bond acceptors (Lipinski definition) is 3. The Balaban J connectivity index is 1.90. The predicted molar refractivity (Wildman–Crippen MR) is 80.8 cm³/mol. The van der Waals surface area contributed by atoms with Crippen LogP contribution in [0.3, 0.4) is 0 Å². The van der Waals surface area contributed by atoms with Crippen molar-refractivity contribution < 1.29 is 13.6 Å². The predicted octanol–water partition coefficient (Wildman–Crippen LogP) is 4.29. The standard InChI is InChI=1S/C15H10BrFN2O2/c1-8-18-13-7-10(3-5-14(13)21-8)19-15(20)11-6-9(17)2-4-12(11)16/h2-7H,1H3,(H,19,20). The molecular weight excluding hydrogens is 339 g/mol. The zero-order valence-corrected chi connectivity index (χ0v) is 12.6. The van der Waals surface area contributed by atoms with Crippen molar-refractivity contribution in [3.05, 3.63) is 58.1 Å². The maximum atomic E-state index is 13.2. The van der Waals surface area contributed by atoms with E-state index in [2.05, 4.69) is 26.2 Å². The Labute approximate surface area is 128 Å². The molecule has 0 aliphatic heterocycles. The van der Waals surface area contributed by atoms with Crippen LogP contribution in [-0.2, 0) is 0 Å². The number of anilines is 1. The van der Waals surface area contributed by atoms with E-state index in [1.165, 1.54) is 18.2 Å². The van der Waals surface area contributed by atoms with Gasteiger partial charge >= 0.3 is 0 Å². The molecule has 6 heteroatoms. The molecular formula is C15H10BrFN2O2. The number of carbonyl (C=O) groups is 1. The number of aromatic nitrogens is 1. The van der Waals surface area contributed by atoms with Crippen molar-refractivity contribution in [2.75, 3.05) is 5.32 Å². The largest absolute Gasteiger partial charge is 0.441 e. The van der Waals surface area contributed by atoms with Gasteiger partial charge in [-0.1, -0.05) is 0 Å². The topological polar surface area (TPSA) is 55.1 Å². The Morgan fingerprint density at radius 3 is 2.90 bits per heavy atom. The van der Waals surface area contributed by atoms with E-state index in [1.807, 2.05) is 0 Å². The highest BCUT2D eigenvalue weighted by atomic mass is 79.9. The van der Waals surface area contributed by atoms with Gasteiger partial charge in [-0.25, -0.2) is 9.37 Å². The van der Waals surface area contributed by atoms with E-state index >= 15 is 0 Å². The third-order valence-electron chi connectivity index (χ3n) is 2.93. The van der Waals surface area contributed by atoms with Crippen molar-refractivity contribution in [2.45, 2.75) is 6.92 Å². The summed E-state index contributed by atoms with van der Waals surface area (Å²) in [5.41, 5.74) is 2.10. The first-order valence-electron chi connectivity index (χ1n) is 6.16. The van der Waals surface area contributed by atoms with Crippen LogP contribution in [0.2, 0.25) is 0 Å². The van der Waals surface area contributed by atoms with E-state index in [1.54, 1.807) is 25.1 Å². The normalized spacial score (nSPS) is 10.8. The van der Waals surface area contributed by atoms with Gasteiger partial charge in [-0.15, -0.1) is 0 Å². The zero-order chi connectivity index (χ0) is 15.0. The average Bonchev–Trinajstić information content (AvgIpc) is 2.80. The number of aryl methyl sites for hydroxylation is 1. The van der Waals surface area contributed by atoms with Gasteiger partial charge in [-0.3, -0.25) is 4.79 Å². The highest BCUT2D eigenvalue weighted by Gasteiger charge is 2.12. The van der Waals surface area contributed by atoms with Gasteiger partial charge < -0.3 is 9.73 Å². The fourth-order valence-electron chi connectivity index (χ4n) is 1.99. The number of amides is 1. The zero-order valence-electron chi connectivity index (χ0n) is 11.0. The lowest BCUT2D eigenvalue weighted by atomic mass is 10.2. The minimum atomic E-state index is -0.467. The molecule has 0 atom stereocenters. The third-order valence-corrected chi connectivity index (χ3v) is 3.62. The number of halogens is 2. The van der Waals surface area contributed by atoms with E-state index in [0.29, 0.717) is 27.2 Å². The molecule has 3 aromatic rings. The van der Waals surface area contributed by atoms with Crippen LogP contribution < -0.4 is 5.32 Å². The Hall–Kier alpha value is -2.21. The molecule has 3 rings (SSSR count). The summed E-state index contributed by atoms with van der Waals surface area (Å²) in [4.78, 5) is 16.4. The number of nitrogens with zero attached hydrogens (tertiary/aromatic N) is 1. The molecule has 0 aliphatic carbocycles. The fraction of sp³-hybridized carbons (Fsp3) is 0.0667. The number of rotatable bonds is 2. The molecule has 0 spiro atoms. The molecule has 1 aromatic heterocycles. The van der Waals surface area contributed by atoms with E-state index < -0.39 is 11.7 Å². The molecule has 0 radical (unpaired) electrons. The van der Waals surface area contributed by atoms with E-state index in [-0.39, 0.29) is 5.56 Å². The molecule has 0 fully saturated rings. The quantitative estimate of drug-likeness (QED) is 0.751. The fourth-order valence-corrected chi connectivity index (χ4v) is 2.42. The molecule has 0 bridgehead atoms. The average molecular weight is 349 g/mol. The molecule has 0 saturated heterocycles. The highest BCUT2D eigenvalue weighted by Crippen LogP contribution is 2.22. The van der Waals surface area contributed by atoms with Gasteiger partial charge in [0.25, 0.3) is 5.91 Å². The summed E-state index contributed by atoms with van der Waals surface area (Å²) in [6, 6.07) is 9.10. The van der Waals surface area contributed by atoms with Crippen molar-refractivity contribution in [1.29, 1.82) is 0 Å². The molecule has 1 amide bonds. The molecule has 2 aromatic carbocycles. The van der Waals surface area contributed by atoms with Gasteiger partial charge in [-0.2, -0.15) is 0 Å². The summed E-state index contributed by atoms with van der Waals surface area (Å²) in [6.07, 6.45) is 0. The molecule has 0 saturated carbocycles. The first-order valence-corrected chi connectivity index (χ1v) is 6.96. The molecule has 21 heavy (non-hydrogen) atoms. The van der Waals surface area contributed by atoms with Gasteiger partial charge in [0, 0.05) is 17.1 Å². The summed E-state index contributed by atoms with van der Waals surface area (Å²) in [7, 11) is 0. The van der Waals surface area contributed by atoms with E-state index in [4.69, 9.17) is 4.42 Å². The molecule has 106 valence electrons. The molecule has 1 heterocycles. The Morgan fingerprint density at radius 1 is 1.29 bits per heavy atom. The van der Waals surface area contributed by atoms with Crippen molar-refractivity contribution in [1.82, 2.24) is 4.98 Å². The summed E-state index contributed by atoms with van der Waals surface area (Å²) in [5, 5.41) is 2.71. The second kappa shape index (κ2) is 5.29. The second-order valence-corrected chi connectivity index (χ2v) is 5.35. The van der Waals surface area contributed by atoms with Crippen molar-refractivity contribution in [3.8, 4) is 0 Å². The maximum Gasteiger partial charge on any atom is 0.256 e. The van der Waals surface area contributed by atoms with Crippen LogP contribution in [0.5, 0.6) is 0 Å². The lowest BCUT2D eigenvalue weighted by Gasteiger charge is -2.07. The van der Waals surface area contributed by atoms with Crippen molar-refractivity contribution in [2.24, 2.45) is 0 Å². The first-order chi connectivity index (χ1) is 10.0. The first kappa shape index (κ1) is 13.8. The Kier molecular flexibility index (Phi) is 3.47. The molecule has 0 aliphatic rings. The summed E-state index contributed by atoms with van der Waals surface area (Å²) >= 11 is 3.23. The molecule has 1 N–H and O–H groups in total. The lowest BCUT2D eigenvalue weighted by Crippen LogP contribution is -2.12. The van der Waals surface area contributed by atoms with Gasteiger partial charge in [0.2, 0.25) is 0 Å². The van der Waals surface area contributed by atoms with E-state index in [9.17, 15) is 9.18 Å². The van der Waals surface area contributed by atoms with Gasteiger partial charge in [0.15, 0.2) is 11.5 Å². The number of nitrogens with one attached hydrogen (secondary N) is 1. The number of benzene rings is 2. The number of fused-ring (bicyclic) bond motifs is 1. The number of oxazole rings is 1. The smallest absolute Gasteiger partial charge is 0.256 e. The van der Waals surface area contributed by atoms with Crippen LogP contribution in [0.25, 0.3) is 11.1 Å². The minimum Gasteiger partial charge on any atom is -0.441 e. The number of carbonyl (C=O) groups excluding carboxylic acids is 1. The van der Waals surface area contributed by atoms with Crippen LogP contribution in [0.15, 0.2) is 45.3 Å². The van der Waals surface area contributed by atoms with Crippen molar-refractivity contribution in [3.63, 3.8) is 0 Å². The Bertz CT molecular complexity index is 845. The Morgan fingerprint density at radius 2 is 2.10 bits per heavy atom. The summed E-state index contributed by atoms with van der Waals surface area (Å²) in [6.45, 7) is 1.75. The van der Waals surface area contributed by atoms with E-state index in [0.717, 1.165) is 0 Å². The van der Waals surface area contributed by atoms with Crippen LogP contribution in [0.4, 0.5) is 10.1 Å². The monoisotopic (exact) mass is 348 g/mol. The second-order valence-electron chi connectivity index (χ2n) is 4.49. The molecule has 0 unspecified atom stereocenters. The SMILES string of the molecule is Cc1nc2cc(NC(=O)c3cc(F)ccc3Br)ccc2o1. The van der Waals surface area contributed by atoms with Gasteiger partial charge in [0.05, 0.1) is 5.56 Å². The lowest BCUT2D eigenvalue weighted by molar-refractivity contribution is 0.102.